The molecule has 10 nitrogen and oxygen atoms in total. The molecule has 10 heteroatoms. The van der Waals surface area contributed by atoms with E-state index in [2.05, 4.69) is 25.6 Å². The fourth-order valence-corrected chi connectivity index (χ4v) is 4.90. The van der Waals surface area contributed by atoms with E-state index >= 15 is 0 Å². The Hall–Kier alpha value is -3.40. The van der Waals surface area contributed by atoms with Crippen molar-refractivity contribution >= 4 is 23.5 Å². The minimum Gasteiger partial charge on any atom is -0.372 e. The van der Waals surface area contributed by atoms with Gasteiger partial charge in [0, 0.05) is 25.4 Å². The van der Waals surface area contributed by atoms with Crippen molar-refractivity contribution in [3.63, 3.8) is 0 Å². The Morgan fingerprint density at radius 3 is 2.53 bits per heavy atom. The van der Waals surface area contributed by atoms with Crippen LogP contribution in [0.5, 0.6) is 0 Å². The van der Waals surface area contributed by atoms with Gasteiger partial charge >= 0.3 is 6.03 Å². The maximum atomic E-state index is 13.1. The minimum absolute atomic E-state index is 0.102. The first-order valence-corrected chi connectivity index (χ1v) is 9.74. The van der Waals surface area contributed by atoms with Crippen LogP contribution in [0.2, 0.25) is 0 Å². The number of hydrogen-bond donors (Lipinski definition) is 2. The Morgan fingerprint density at radius 1 is 1.07 bits per heavy atom. The van der Waals surface area contributed by atoms with Gasteiger partial charge < -0.3 is 9.64 Å². The number of imide groups is 2. The molecule has 5 rings (SSSR count). The van der Waals surface area contributed by atoms with Gasteiger partial charge in [0.25, 0.3) is 0 Å². The number of fused-ring (bicyclic) bond motifs is 4. The predicted molar refractivity (Wildman–Crippen MR) is 104 cm³/mol. The molecule has 30 heavy (non-hydrogen) atoms. The van der Waals surface area contributed by atoms with Gasteiger partial charge in [-0.25, -0.2) is 4.79 Å². The molecule has 0 unspecified atom stereocenters. The highest BCUT2D eigenvalue weighted by Gasteiger charge is 2.62. The van der Waals surface area contributed by atoms with Gasteiger partial charge in [0.1, 0.15) is 5.69 Å². The number of amides is 4. The number of carbonyl (C=O) groups excluding carboxylic acids is 3. The molecule has 2 N–H and O–H groups in total. The van der Waals surface area contributed by atoms with E-state index in [0.29, 0.717) is 17.9 Å². The monoisotopic (exact) mass is 408 g/mol. The summed E-state index contributed by atoms with van der Waals surface area (Å²) in [5.41, 5.74) is 1.31. The Labute approximate surface area is 172 Å². The number of nitrogens with one attached hydrogen (secondary N) is 2. The summed E-state index contributed by atoms with van der Waals surface area (Å²) in [5, 5.41) is 4.56. The molecule has 154 valence electrons. The number of hydrogen-bond acceptors (Lipinski definition) is 8. The summed E-state index contributed by atoms with van der Waals surface area (Å²) in [4.78, 5) is 52.9. The lowest BCUT2D eigenvalue weighted by Gasteiger charge is -2.55. The van der Waals surface area contributed by atoms with E-state index in [0.717, 1.165) is 11.3 Å². The summed E-state index contributed by atoms with van der Waals surface area (Å²) in [7, 11) is 0. The molecule has 3 aliphatic rings. The summed E-state index contributed by atoms with van der Waals surface area (Å²) in [6.07, 6.45) is 6.11. The molecule has 4 amide bonds. The van der Waals surface area contributed by atoms with Gasteiger partial charge in [-0.15, -0.1) is 0 Å². The molecule has 0 radical (unpaired) electrons. The standard InChI is InChI=1S/C20H20N6O4/c1-10-9-26-15-8-23-13(14-7-21-3-4-22-14)5-12(15)6-20(16(26)11(2)30-10)17(27)24-19(29)25-18(20)28/h3-5,7-8,10-11,16H,6,9H2,1-2H3,(H2,24,25,27,28,29)/t10-,11+,16-/m1/s1. The summed E-state index contributed by atoms with van der Waals surface area (Å²) >= 11 is 0. The first-order chi connectivity index (χ1) is 14.4. The van der Waals surface area contributed by atoms with E-state index in [9.17, 15) is 14.4 Å². The predicted octanol–water partition coefficient (Wildman–Crippen LogP) is 0.429. The first kappa shape index (κ1) is 18.6. The highest BCUT2D eigenvalue weighted by atomic mass is 16.5. The smallest absolute Gasteiger partial charge is 0.328 e. The van der Waals surface area contributed by atoms with Crippen molar-refractivity contribution in [2.45, 2.75) is 38.5 Å². The molecule has 2 saturated heterocycles. The quantitative estimate of drug-likeness (QED) is 0.651. The molecule has 3 aliphatic heterocycles. The number of carbonyl (C=O) groups is 3. The second kappa shape index (κ2) is 6.56. The third kappa shape index (κ3) is 2.60. The number of nitrogens with zero attached hydrogens (tertiary/aromatic N) is 4. The van der Waals surface area contributed by atoms with E-state index in [1.54, 1.807) is 24.8 Å². The van der Waals surface area contributed by atoms with Crippen LogP contribution in [0.4, 0.5) is 10.5 Å². The van der Waals surface area contributed by atoms with Crippen molar-refractivity contribution in [2.24, 2.45) is 5.41 Å². The molecule has 0 aromatic carbocycles. The van der Waals surface area contributed by atoms with Crippen molar-refractivity contribution in [1.82, 2.24) is 25.6 Å². The van der Waals surface area contributed by atoms with Gasteiger partial charge in [0.2, 0.25) is 11.8 Å². The molecular formula is C20H20N6O4. The molecule has 0 saturated carbocycles. The lowest BCUT2D eigenvalue weighted by molar-refractivity contribution is -0.153. The molecule has 0 bridgehead atoms. The summed E-state index contributed by atoms with van der Waals surface area (Å²) in [6, 6.07) is 0.457. The highest BCUT2D eigenvalue weighted by Crippen LogP contribution is 2.46. The third-order valence-electron chi connectivity index (χ3n) is 6.02. The fraction of sp³-hybridized carbons (Fsp3) is 0.400. The number of pyridine rings is 1. The van der Waals surface area contributed by atoms with Crippen LogP contribution in [-0.4, -0.2) is 57.6 Å². The third-order valence-corrected chi connectivity index (χ3v) is 6.02. The summed E-state index contributed by atoms with van der Waals surface area (Å²) in [6.45, 7) is 4.28. The average molecular weight is 408 g/mol. The van der Waals surface area contributed by atoms with Crippen LogP contribution in [0.25, 0.3) is 11.4 Å². The van der Waals surface area contributed by atoms with E-state index in [-0.39, 0.29) is 12.5 Å². The number of anilines is 1. The molecule has 2 fully saturated rings. The van der Waals surface area contributed by atoms with Gasteiger partial charge in [0.05, 0.1) is 42.0 Å². The van der Waals surface area contributed by atoms with Crippen LogP contribution in [0, 0.1) is 5.41 Å². The number of ether oxygens (including phenoxy) is 1. The van der Waals surface area contributed by atoms with Gasteiger partial charge in [0.15, 0.2) is 5.41 Å². The molecular weight excluding hydrogens is 388 g/mol. The number of rotatable bonds is 1. The Bertz CT molecular complexity index is 1040. The highest BCUT2D eigenvalue weighted by molar-refractivity contribution is 6.20. The molecule has 3 atom stereocenters. The zero-order valence-electron chi connectivity index (χ0n) is 16.5. The van der Waals surface area contributed by atoms with Crippen LogP contribution in [0.3, 0.4) is 0 Å². The van der Waals surface area contributed by atoms with Gasteiger partial charge in [-0.2, -0.15) is 0 Å². The van der Waals surface area contributed by atoms with Crippen LogP contribution in [-0.2, 0) is 20.7 Å². The van der Waals surface area contributed by atoms with Gasteiger partial charge in [-0.3, -0.25) is 35.2 Å². The summed E-state index contributed by atoms with van der Waals surface area (Å²) < 4.78 is 5.99. The second-order valence-electron chi connectivity index (χ2n) is 7.92. The number of barbiturate groups is 1. The molecule has 2 aromatic heterocycles. The van der Waals surface area contributed by atoms with Crippen molar-refractivity contribution in [3.05, 3.63) is 36.4 Å². The zero-order valence-corrected chi connectivity index (χ0v) is 16.5. The Kier molecular flexibility index (Phi) is 4.07. The van der Waals surface area contributed by atoms with Crippen LogP contribution in [0.15, 0.2) is 30.9 Å². The zero-order chi connectivity index (χ0) is 21.0. The number of aromatic nitrogens is 3. The van der Waals surface area contributed by atoms with Gasteiger partial charge in [-0.05, 0) is 25.5 Å². The van der Waals surface area contributed by atoms with E-state index in [1.165, 1.54) is 0 Å². The molecule has 2 aromatic rings. The van der Waals surface area contributed by atoms with E-state index in [1.807, 2.05) is 24.8 Å². The first-order valence-electron chi connectivity index (χ1n) is 9.74. The lowest BCUT2D eigenvalue weighted by atomic mass is 9.67. The molecule has 0 aliphatic carbocycles. The SMILES string of the molecule is C[C@@H]1CN2c3cnc(-c4cnccn4)cc3CC3(C(=O)NC(=O)NC3=O)[C@H]2[C@H](C)O1. The largest absolute Gasteiger partial charge is 0.372 e. The minimum atomic E-state index is -1.50. The maximum absolute atomic E-state index is 13.1. The number of urea groups is 1. The van der Waals surface area contributed by atoms with E-state index < -0.39 is 35.4 Å². The average Bonchev–Trinajstić information content (AvgIpc) is 2.71. The topological polar surface area (TPSA) is 126 Å². The van der Waals surface area contributed by atoms with Crippen LogP contribution < -0.4 is 15.5 Å². The fourth-order valence-electron chi connectivity index (χ4n) is 4.90. The molecule has 1 spiro atoms. The normalized spacial score (nSPS) is 27.2. The van der Waals surface area contributed by atoms with Crippen molar-refractivity contribution < 1.29 is 19.1 Å². The van der Waals surface area contributed by atoms with Crippen molar-refractivity contribution in [2.75, 3.05) is 11.4 Å². The van der Waals surface area contributed by atoms with Crippen LogP contribution >= 0.6 is 0 Å². The number of morpholine rings is 1. The summed E-state index contributed by atoms with van der Waals surface area (Å²) in [5.74, 6) is -1.22. The van der Waals surface area contributed by atoms with Gasteiger partial charge in [-0.1, -0.05) is 0 Å². The Morgan fingerprint density at radius 2 is 1.83 bits per heavy atom. The van der Waals surface area contributed by atoms with E-state index in [4.69, 9.17) is 4.74 Å². The Balaban J connectivity index is 1.68. The van der Waals surface area contributed by atoms with Crippen molar-refractivity contribution in [1.29, 1.82) is 0 Å². The van der Waals surface area contributed by atoms with Crippen LogP contribution in [0.1, 0.15) is 19.4 Å². The second-order valence-corrected chi connectivity index (χ2v) is 7.92. The lowest BCUT2D eigenvalue weighted by Crippen LogP contribution is -2.75. The molecule has 5 heterocycles. The van der Waals surface area contributed by atoms with Crippen molar-refractivity contribution in [3.8, 4) is 11.4 Å². The maximum Gasteiger partial charge on any atom is 0.328 e.